The highest BCUT2D eigenvalue weighted by Crippen LogP contribution is 2.56. The number of amides is 2. The molecule has 5 rings (SSSR count). The predicted octanol–water partition coefficient (Wildman–Crippen LogP) is 3.06. The molecule has 0 spiro atoms. The highest BCUT2D eigenvalue weighted by molar-refractivity contribution is 6.13. The lowest BCUT2D eigenvalue weighted by Crippen LogP contribution is -2.57. The van der Waals surface area contributed by atoms with Gasteiger partial charge in [0, 0.05) is 17.5 Å². The summed E-state index contributed by atoms with van der Waals surface area (Å²) in [5, 5.41) is 2.54. The summed E-state index contributed by atoms with van der Waals surface area (Å²) in [5.41, 5.74) is -1.37. The Morgan fingerprint density at radius 1 is 1.25 bits per heavy atom. The maximum atomic E-state index is 14.1. The van der Waals surface area contributed by atoms with E-state index < -0.39 is 52.8 Å². The molecule has 0 aromatic heterocycles. The molecule has 3 heterocycles. The summed E-state index contributed by atoms with van der Waals surface area (Å²) >= 11 is 0. The number of halogens is 2. The van der Waals surface area contributed by atoms with Crippen LogP contribution in [0, 0.1) is 23.5 Å². The molecular formula is C23H20F2N2O5. The molecule has 0 aliphatic carbocycles. The summed E-state index contributed by atoms with van der Waals surface area (Å²) in [4.78, 5) is 41.7. The van der Waals surface area contributed by atoms with Gasteiger partial charge < -0.3 is 19.7 Å². The molecule has 9 heteroatoms. The molecular weight excluding hydrogens is 422 g/mol. The number of ether oxygens (including phenoxy) is 2. The van der Waals surface area contributed by atoms with Crippen LogP contribution in [-0.2, 0) is 14.3 Å². The van der Waals surface area contributed by atoms with Crippen LogP contribution in [0.25, 0.3) is 0 Å². The van der Waals surface area contributed by atoms with Crippen molar-refractivity contribution in [2.75, 3.05) is 18.5 Å². The first-order chi connectivity index (χ1) is 15.3. The second kappa shape index (κ2) is 7.01. The quantitative estimate of drug-likeness (QED) is 0.723. The van der Waals surface area contributed by atoms with Crippen molar-refractivity contribution in [3.05, 3.63) is 59.2 Å². The zero-order chi connectivity index (χ0) is 22.8. The minimum atomic E-state index is -1.68. The molecule has 2 aromatic rings. The van der Waals surface area contributed by atoms with E-state index in [-0.39, 0.29) is 24.5 Å². The Balaban J connectivity index is 1.76. The summed E-state index contributed by atoms with van der Waals surface area (Å²) in [6, 6.07) is 7.91. The van der Waals surface area contributed by atoms with Crippen molar-refractivity contribution in [3.8, 4) is 5.75 Å². The molecule has 1 saturated heterocycles. The van der Waals surface area contributed by atoms with Gasteiger partial charge in [-0.25, -0.2) is 8.78 Å². The van der Waals surface area contributed by atoms with Crippen LogP contribution in [0.2, 0.25) is 0 Å². The van der Waals surface area contributed by atoms with Crippen molar-refractivity contribution in [1.82, 2.24) is 4.90 Å². The average Bonchev–Trinajstić information content (AvgIpc) is 3.01. The maximum Gasteiger partial charge on any atom is 0.312 e. The zero-order valence-corrected chi connectivity index (χ0v) is 17.4. The fourth-order valence-corrected chi connectivity index (χ4v) is 5.26. The van der Waals surface area contributed by atoms with Crippen molar-refractivity contribution < 1.29 is 32.6 Å². The van der Waals surface area contributed by atoms with Gasteiger partial charge in [-0.15, -0.1) is 0 Å². The fourth-order valence-electron chi connectivity index (χ4n) is 5.26. The van der Waals surface area contributed by atoms with E-state index in [2.05, 4.69) is 5.32 Å². The molecule has 7 nitrogen and oxygen atoms in total. The van der Waals surface area contributed by atoms with Gasteiger partial charge >= 0.3 is 5.97 Å². The number of anilines is 1. The van der Waals surface area contributed by atoms with E-state index in [1.54, 1.807) is 31.2 Å². The lowest BCUT2D eigenvalue weighted by molar-refractivity contribution is -0.155. The summed E-state index contributed by atoms with van der Waals surface area (Å²) in [5.74, 6) is -5.49. The lowest BCUT2D eigenvalue weighted by Gasteiger charge is -2.38. The van der Waals surface area contributed by atoms with Crippen LogP contribution >= 0.6 is 0 Å². The molecule has 1 N–H and O–H groups in total. The van der Waals surface area contributed by atoms with Crippen molar-refractivity contribution in [3.63, 3.8) is 0 Å². The van der Waals surface area contributed by atoms with E-state index in [1.165, 1.54) is 11.8 Å². The number of benzene rings is 2. The Bertz CT molecular complexity index is 1170. The number of fused-ring (bicyclic) bond motifs is 6. The van der Waals surface area contributed by atoms with E-state index >= 15 is 0 Å². The molecule has 3 aliphatic rings. The number of hydrogen-bond donors (Lipinski definition) is 1. The van der Waals surface area contributed by atoms with Crippen LogP contribution < -0.4 is 10.1 Å². The SMILES string of the molecule is CCOC(=O)C1C2COc3ccccc3C2N2C(=O)c3cc(F)c(F)cc3NC(=O)[C@@]12C. The molecule has 4 atom stereocenters. The summed E-state index contributed by atoms with van der Waals surface area (Å²) in [6.45, 7) is 3.31. The molecule has 166 valence electrons. The Morgan fingerprint density at radius 2 is 1.97 bits per heavy atom. The number of hydrogen-bond acceptors (Lipinski definition) is 5. The first-order valence-electron chi connectivity index (χ1n) is 10.3. The van der Waals surface area contributed by atoms with Crippen molar-refractivity contribution in [2.24, 2.45) is 11.8 Å². The van der Waals surface area contributed by atoms with Crippen molar-refractivity contribution in [1.29, 1.82) is 0 Å². The smallest absolute Gasteiger partial charge is 0.312 e. The van der Waals surface area contributed by atoms with Gasteiger partial charge in [-0.2, -0.15) is 0 Å². The molecule has 0 radical (unpaired) electrons. The third kappa shape index (κ3) is 2.60. The van der Waals surface area contributed by atoms with E-state index in [9.17, 15) is 23.2 Å². The Labute approximate surface area is 182 Å². The number of carbonyl (C=O) groups is 3. The van der Waals surface area contributed by atoms with Gasteiger partial charge in [-0.05, 0) is 26.0 Å². The topological polar surface area (TPSA) is 84.9 Å². The largest absolute Gasteiger partial charge is 0.493 e. The summed E-state index contributed by atoms with van der Waals surface area (Å²) in [7, 11) is 0. The monoisotopic (exact) mass is 442 g/mol. The molecule has 32 heavy (non-hydrogen) atoms. The van der Waals surface area contributed by atoms with E-state index in [4.69, 9.17) is 9.47 Å². The minimum Gasteiger partial charge on any atom is -0.493 e. The molecule has 0 bridgehead atoms. The van der Waals surface area contributed by atoms with Gasteiger partial charge in [0.2, 0.25) is 0 Å². The van der Waals surface area contributed by atoms with Gasteiger partial charge in [-0.1, -0.05) is 18.2 Å². The van der Waals surface area contributed by atoms with Crippen molar-refractivity contribution in [2.45, 2.75) is 25.4 Å². The molecule has 3 aliphatic heterocycles. The van der Waals surface area contributed by atoms with E-state index in [1.807, 2.05) is 0 Å². The molecule has 2 aromatic carbocycles. The Morgan fingerprint density at radius 3 is 2.72 bits per heavy atom. The van der Waals surface area contributed by atoms with Gasteiger partial charge in [0.1, 0.15) is 11.3 Å². The number of nitrogens with zero attached hydrogens (tertiary/aromatic N) is 1. The number of esters is 1. The number of para-hydroxylation sites is 1. The molecule has 2 amide bonds. The number of rotatable bonds is 2. The zero-order valence-electron chi connectivity index (χ0n) is 17.4. The van der Waals surface area contributed by atoms with Crippen LogP contribution in [0.3, 0.4) is 0 Å². The lowest BCUT2D eigenvalue weighted by atomic mass is 9.77. The van der Waals surface area contributed by atoms with Crippen LogP contribution in [0.4, 0.5) is 14.5 Å². The fraction of sp³-hybridized carbons (Fsp3) is 0.348. The van der Waals surface area contributed by atoms with Crippen LogP contribution in [0.5, 0.6) is 5.75 Å². The molecule has 3 unspecified atom stereocenters. The van der Waals surface area contributed by atoms with Crippen molar-refractivity contribution >= 4 is 23.5 Å². The highest BCUT2D eigenvalue weighted by atomic mass is 19.2. The average molecular weight is 442 g/mol. The van der Waals surface area contributed by atoms with Crippen LogP contribution in [-0.4, -0.2) is 41.4 Å². The highest BCUT2D eigenvalue weighted by Gasteiger charge is 2.67. The molecule has 0 saturated carbocycles. The van der Waals surface area contributed by atoms with Crippen LogP contribution in [0.15, 0.2) is 36.4 Å². The second-order valence-corrected chi connectivity index (χ2v) is 8.28. The standard InChI is InChI=1S/C23H20F2N2O5/c1-3-31-21(29)18-13-10-32-17-7-5-4-6-11(17)19(13)27-20(28)12-8-14(24)15(25)9-16(12)26-22(30)23(18,27)2/h4-9,13,18-19H,3,10H2,1-2H3,(H,26,30)/t13?,18?,19?,23-/m1/s1. The third-order valence-electron chi connectivity index (χ3n) is 6.64. The van der Waals surface area contributed by atoms with Gasteiger partial charge in [0.05, 0.1) is 36.4 Å². The van der Waals surface area contributed by atoms with E-state index in [0.29, 0.717) is 11.3 Å². The maximum absolute atomic E-state index is 14.1. The van der Waals surface area contributed by atoms with E-state index in [0.717, 1.165) is 12.1 Å². The minimum absolute atomic E-state index is 0.0858. The van der Waals surface area contributed by atoms with Crippen LogP contribution in [0.1, 0.15) is 35.8 Å². The van der Waals surface area contributed by atoms with Gasteiger partial charge in [0.25, 0.3) is 11.8 Å². The Hall–Kier alpha value is -3.49. The summed E-state index contributed by atoms with van der Waals surface area (Å²) < 4.78 is 39.1. The summed E-state index contributed by atoms with van der Waals surface area (Å²) in [6.07, 6.45) is 0. The second-order valence-electron chi connectivity index (χ2n) is 8.28. The number of carbonyl (C=O) groups excluding carboxylic acids is 3. The predicted molar refractivity (Wildman–Crippen MR) is 108 cm³/mol. The molecule has 1 fully saturated rings. The first kappa shape index (κ1) is 20.4. The first-order valence-corrected chi connectivity index (χ1v) is 10.3. The number of nitrogens with one attached hydrogen (secondary N) is 1. The van der Waals surface area contributed by atoms with Gasteiger partial charge in [0.15, 0.2) is 11.6 Å². The normalized spacial score (nSPS) is 27.9. The Kier molecular flexibility index (Phi) is 4.47. The van der Waals surface area contributed by atoms with Gasteiger partial charge in [-0.3, -0.25) is 14.4 Å². The third-order valence-corrected chi connectivity index (χ3v) is 6.64.